The van der Waals surface area contributed by atoms with Crippen LogP contribution in [0.1, 0.15) is 32.3 Å². The molecule has 2 rings (SSSR count). The summed E-state index contributed by atoms with van der Waals surface area (Å²) in [4.78, 5) is 26.0. The topological polar surface area (TPSA) is 73.2 Å². The van der Waals surface area contributed by atoms with Crippen molar-refractivity contribution in [1.29, 1.82) is 5.26 Å². The lowest BCUT2D eigenvalue weighted by Gasteiger charge is -2.32. The molecule has 1 aliphatic rings. The predicted octanol–water partition coefficient (Wildman–Crippen LogP) is 2.39. The maximum Gasteiger partial charge on any atom is 0.227 e. The second-order valence-corrected chi connectivity index (χ2v) is 5.94. The Bertz CT molecular complexity index is 596. The fraction of sp³-hybridized carbons (Fsp3) is 0.471. The first-order valence-electron chi connectivity index (χ1n) is 7.61. The molecule has 0 atom stereocenters. The van der Waals surface area contributed by atoms with Gasteiger partial charge in [0.1, 0.15) is 0 Å². The van der Waals surface area contributed by atoms with E-state index in [0.29, 0.717) is 37.2 Å². The lowest BCUT2D eigenvalue weighted by atomic mass is 9.95. The molecule has 1 N–H and O–H groups in total. The zero-order valence-corrected chi connectivity index (χ0v) is 13.0. The van der Waals surface area contributed by atoms with Crippen molar-refractivity contribution >= 4 is 17.5 Å². The highest BCUT2D eigenvalue weighted by Crippen LogP contribution is 2.21. The van der Waals surface area contributed by atoms with Crippen molar-refractivity contribution in [3.05, 3.63) is 29.8 Å². The SMILES string of the molecule is CC(C)C(=O)N1CCC(C(=O)Nc2cccc(C#N)c2)CC1. The summed E-state index contributed by atoms with van der Waals surface area (Å²) >= 11 is 0. The summed E-state index contributed by atoms with van der Waals surface area (Å²) in [7, 11) is 0. The smallest absolute Gasteiger partial charge is 0.227 e. The van der Waals surface area contributed by atoms with E-state index in [9.17, 15) is 9.59 Å². The molecule has 0 radical (unpaired) electrons. The summed E-state index contributed by atoms with van der Waals surface area (Å²) < 4.78 is 0. The number of nitrogens with zero attached hydrogens (tertiary/aromatic N) is 2. The number of hydrogen-bond acceptors (Lipinski definition) is 3. The minimum absolute atomic E-state index is 0.000835. The highest BCUT2D eigenvalue weighted by molar-refractivity contribution is 5.93. The van der Waals surface area contributed by atoms with Crippen LogP contribution >= 0.6 is 0 Å². The average Bonchev–Trinajstić information content (AvgIpc) is 2.54. The lowest BCUT2D eigenvalue weighted by molar-refractivity contribution is -0.137. The van der Waals surface area contributed by atoms with Crippen LogP contribution in [0.3, 0.4) is 0 Å². The van der Waals surface area contributed by atoms with Crippen LogP contribution in [0.15, 0.2) is 24.3 Å². The number of piperidine rings is 1. The van der Waals surface area contributed by atoms with Crippen LogP contribution < -0.4 is 5.32 Å². The molecule has 2 amide bonds. The molecule has 0 spiro atoms. The first-order valence-corrected chi connectivity index (χ1v) is 7.61. The van der Waals surface area contributed by atoms with Crippen LogP contribution in [-0.4, -0.2) is 29.8 Å². The van der Waals surface area contributed by atoms with Crippen LogP contribution in [0.2, 0.25) is 0 Å². The van der Waals surface area contributed by atoms with E-state index < -0.39 is 0 Å². The van der Waals surface area contributed by atoms with E-state index in [-0.39, 0.29) is 23.7 Å². The number of carbonyl (C=O) groups excluding carboxylic acids is 2. The standard InChI is InChI=1S/C17H21N3O2/c1-12(2)17(22)20-8-6-14(7-9-20)16(21)19-15-5-3-4-13(10-15)11-18/h3-5,10,12,14H,6-9H2,1-2H3,(H,19,21). The van der Waals surface area contributed by atoms with Crippen molar-refractivity contribution in [2.75, 3.05) is 18.4 Å². The summed E-state index contributed by atoms with van der Waals surface area (Å²) in [5.41, 5.74) is 1.17. The first-order chi connectivity index (χ1) is 10.5. The molecule has 1 heterocycles. The van der Waals surface area contributed by atoms with Gasteiger partial charge in [-0.1, -0.05) is 19.9 Å². The molecule has 0 bridgehead atoms. The minimum atomic E-state index is -0.0815. The minimum Gasteiger partial charge on any atom is -0.342 e. The molecule has 0 aliphatic carbocycles. The second kappa shape index (κ2) is 7.08. The normalized spacial score (nSPS) is 15.5. The number of likely N-dealkylation sites (tertiary alicyclic amines) is 1. The monoisotopic (exact) mass is 299 g/mol. The van der Waals surface area contributed by atoms with Gasteiger partial charge in [0.15, 0.2) is 0 Å². The van der Waals surface area contributed by atoms with Crippen molar-refractivity contribution in [3.8, 4) is 6.07 Å². The van der Waals surface area contributed by atoms with Gasteiger partial charge in [-0.25, -0.2) is 0 Å². The van der Waals surface area contributed by atoms with Gasteiger partial charge in [0.2, 0.25) is 11.8 Å². The molecule has 1 aliphatic heterocycles. The van der Waals surface area contributed by atoms with Crippen LogP contribution in [0, 0.1) is 23.2 Å². The largest absolute Gasteiger partial charge is 0.342 e. The van der Waals surface area contributed by atoms with Gasteiger partial charge in [0.05, 0.1) is 11.6 Å². The molecule has 5 nitrogen and oxygen atoms in total. The highest BCUT2D eigenvalue weighted by Gasteiger charge is 2.28. The Labute approximate surface area is 130 Å². The van der Waals surface area contributed by atoms with Crippen molar-refractivity contribution in [3.63, 3.8) is 0 Å². The second-order valence-electron chi connectivity index (χ2n) is 5.94. The molecule has 0 saturated carbocycles. The van der Waals surface area contributed by atoms with Crippen LogP contribution in [0.5, 0.6) is 0 Å². The van der Waals surface area contributed by atoms with Crippen molar-refractivity contribution in [2.45, 2.75) is 26.7 Å². The van der Waals surface area contributed by atoms with Gasteiger partial charge in [-0.2, -0.15) is 5.26 Å². The number of hydrogen-bond donors (Lipinski definition) is 1. The molecular formula is C17H21N3O2. The Morgan fingerprint density at radius 3 is 2.59 bits per heavy atom. The molecule has 1 saturated heterocycles. The molecule has 0 unspecified atom stereocenters. The number of carbonyl (C=O) groups is 2. The van der Waals surface area contributed by atoms with Gasteiger partial charge in [0, 0.05) is 30.6 Å². The van der Waals surface area contributed by atoms with Crippen LogP contribution in [-0.2, 0) is 9.59 Å². The quantitative estimate of drug-likeness (QED) is 0.931. The van der Waals surface area contributed by atoms with Gasteiger partial charge in [-0.05, 0) is 31.0 Å². The van der Waals surface area contributed by atoms with E-state index in [2.05, 4.69) is 11.4 Å². The molecule has 1 aromatic carbocycles. The number of benzene rings is 1. The summed E-state index contributed by atoms with van der Waals surface area (Å²) in [6.45, 7) is 5.05. The summed E-state index contributed by atoms with van der Waals surface area (Å²) in [5.74, 6) is 0.0355. The van der Waals surface area contributed by atoms with Gasteiger partial charge in [-0.3, -0.25) is 9.59 Å². The van der Waals surface area contributed by atoms with Crippen LogP contribution in [0.25, 0.3) is 0 Å². The van der Waals surface area contributed by atoms with Gasteiger partial charge < -0.3 is 10.2 Å². The van der Waals surface area contributed by atoms with Gasteiger partial charge >= 0.3 is 0 Å². The Kier molecular flexibility index (Phi) is 5.16. The number of nitriles is 1. The van der Waals surface area contributed by atoms with Crippen molar-refractivity contribution in [1.82, 2.24) is 4.90 Å². The molecule has 1 aromatic rings. The summed E-state index contributed by atoms with van der Waals surface area (Å²) in [5, 5.41) is 11.7. The fourth-order valence-electron chi connectivity index (χ4n) is 2.64. The predicted molar refractivity (Wildman–Crippen MR) is 83.9 cm³/mol. The Morgan fingerprint density at radius 1 is 1.32 bits per heavy atom. The fourth-order valence-corrected chi connectivity index (χ4v) is 2.64. The summed E-state index contributed by atoms with van der Waals surface area (Å²) in [6.07, 6.45) is 1.37. The number of anilines is 1. The lowest BCUT2D eigenvalue weighted by Crippen LogP contribution is -2.43. The third kappa shape index (κ3) is 3.85. The molecule has 1 fully saturated rings. The maximum absolute atomic E-state index is 12.3. The van der Waals surface area contributed by atoms with E-state index in [1.165, 1.54) is 0 Å². The Morgan fingerprint density at radius 2 is 2.00 bits per heavy atom. The first kappa shape index (κ1) is 16.0. The van der Waals surface area contributed by atoms with Gasteiger partial charge in [-0.15, -0.1) is 0 Å². The average molecular weight is 299 g/mol. The summed E-state index contributed by atoms with van der Waals surface area (Å²) in [6, 6.07) is 8.94. The van der Waals surface area contributed by atoms with Crippen molar-refractivity contribution in [2.24, 2.45) is 11.8 Å². The molecule has 5 heteroatoms. The van der Waals surface area contributed by atoms with Crippen molar-refractivity contribution < 1.29 is 9.59 Å². The van der Waals surface area contributed by atoms with E-state index in [1.807, 2.05) is 18.7 Å². The number of nitrogens with one attached hydrogen (secondary N) is 1. The van der Waals surface area contributed by atoms with E-state index in [1.54, 1.807) is 24.3 Å². The Hall–Kier alpha value is -2.35. The molecule has 0 aromatic heterocycles. The Balaban J connectivity index is 1.90. The third-order valence-corrected chi connectivity index (χ3v) is 3.93. The van der Waals surface area contributed by atoms with Crippen LogP contribution in [0.4, 0.5) is 5.69 Å². The molecule has 116 valence electrons. The third-order valence-electron chi connectivity index (χ3n) is 3.93. The highest BCUT2D eigenvalue weighted by atomic mass is 16.2. The zero-order valence-electron chi connectivity index (χ0n) is 13.0. The zero-order chi connectivity index (χ0) is 16.1. The van der Waals surface area contributed by atoms with E-state index in [4.69, 9.17) is 5.26 Å². The van der Waals surface area contributed by atoms with E-state index >= 15 is 0 Å². The van der Waals surface area contributed by atoms with Gasteiger partial charge in [0.25, 0.3) is 0 Å². The number of rotatable bonds is 3. The molecular weight excluding hydrogens is 278 g/mol. The van der Waals surface area contributed by atoms with E-state index in [0.717, 1.165) is 0 Å². The molecule has 22 heavy (non-hydrogen) atoms. The number of amides is 2. The maximum atomic E-state index is 12.3.